The molecule has 6 nitrogen and oxygen atoms in total. The van der Waals surface area contributed by atoms with Gasteiger partial charge in [-0.2, -0.15) is 4.98 Å². The van der Waals surface area contributed by atoms with E-state index in [-0.39, 0.29) is 5.54 Å². The Morgan fingerprint density at radius 1 is 1.21 bits per heavy atom. The molecule has 1 atom stereocenters. The predicted octanol–water partition coefficient (Wildman–Crippen LogP) is 4.12. The van der Waals surface area contributed by atoms with Crippen LogP contribution in [0.2, 0.25) is 0 Å². The number of nitrogens with zero attached hydrogens (tertiary/aromatic N) is 4. The molecule has 0 radical (unpaired) electrons. The molecule has 0 saturated heterocycles. The fourth-order valence-electron chi connectivity index (χ4n) is 5.81. The molecule has 2 aromatic heterocycles. The van der Waals surface area contributed by atoms with Crippen molar-refractivity contribution in [2.24, 2.45) is 16.8 Å². The molecular formula is C23H33N5O. The number of aliphatic hydroxyl groups is 1. The summed E-state index contributed by atoms with van der Waals surface area (Å²) >= 11 is 0. The summed E-state index contributed by atoms with van der Waals surface area (Å²) in [6.45, 7) is 3.34. The fraction of sp³-hybridized carbons (Fsp3) is 0.696. The lowest BCUT2D eigenvalue weighted by Crippen LogP contribution is -2.42. The van der Waals surface area contributed by atoms with Crippen LogP contribution in [0.4, 0.5) is 5.95 Å². The Labute approximate surface area is 172 Å². The van der Waals surface area contributed by atoms with Crippen molar-refractivity contribution in [3.05, 3.63) is 18.0 Å². The molecule has 0 amide bonds. The first-order valence-electron chi connectivity index (χ1n) is 11.4. The molecule has 3 aliphatic rings. The number of anilines is 1. The standard InChI is InChI=1S/C23H33N5O/c1-16(14-29)17-5-7-19(8-6-17)26-22-25-12-18-11-20-13-24-15-23(9-3-2-4-10-23)28(20)21(18)27-22/h11-13,16-17,19,29H,2-10,14-15H2,1H3,(H,25,26,27). The van der Waals surface area contributed by atoms with Crippen molar-refractivity contribution in [3.63, 3.8) is 0 Å². The maximum atomic E-state index is 9.42. The number of aliphatic imine (C=N–C) groups is 1. The van der Waals surface area contributed by atoms with Crippen molar-refractivity contribution < 1.29 is 5.11 Å². The molecule has 29 heavy (non-hydrogen) atoms. The van der Waals surface area contributed by atoms with Gasteiger partial charge in [0.05, 0.1) is 17.8 Å². The van der Waals surface area contributed by atoms with Crippen molar-refractivity contribution in [1.82, 2.24) is 14.5 Å². The van der Waals surface area contributed by atoms with Crippen LogP contribution in [-0.2, 0) is 5.54 Å². The summed E-state index contributed by atoms with van der Waals surface area (Å²) < 4.78 is 2.47. The summed E-state index contributed by atoms with van der Waals surface area (Å²) in [7, 11) is 0. The van der Waals surface area contributed by atoms with Crippen LogP contribution >= 0.6 is 0 Å². The molecule has 2 aliphatic carbocycles. The summed E-state index contributed by atoms with van der Waals surface area (Å²) in [5, 5.41) is 14.1. The number of rotatable bonds is 4. The zero-order valence-corrected chi connectivity index (χ0v) is 17.5. The van der Waals surface area contributed by atoms with Crippen LogP contribution < -0.4 is 5.32 Å². The van der Waals surface area contributed by atoms with Gasteiger partial charge in [0.15, 0.2) is 0 Å². The lowest BCUT2D eigenvalue weighted by atomic mass is 9.79. The highest BCUT2D eigenvalue weighted by Gasteiger charge is 2.38. The van der Waals surface area contributed by atoms with Crippen molar-refractivity contribution in [1.29, 1.82) is 0 Å². The smallest absolute Gasteiger partial charge is 0.224 e. The molecule has 5 rings (SSSR count). The molecule has 1 aliphatic heterocycles. The van der Waals surface area contributed by atoms with Crippen LogP contribution in [0.25, 0.3) is 11.0 Å². The molecule has 1 unspecified atom stereocenters. The molecule has 2 N–H and O–H groups in total. The summed E-state index contributed by atoms with van der Waals surface area (Å²) in [5.41, 5.74) is 2.35. The van der Waals surface area contributed by atoms with E-state index in [1.807, 2.05) is 12.4 Å². The molecule has 0 aromatic carbocycles. The van der Waals surface area contributed by atoms with E-state index in [2.05, 4.69) is 27.9 Å². The first kappa shape index (κ1) is 19.0. The molecule has 0 bridgehead atoms. The minimum absolute atomic E-state index is 0.105. The SMILES string of the molecule is CC(CO)C1CCC(Nc2ncc3cc4n(c3n2)C2(CCCCC2)CN=C4)CC1. The van der Waals surface area contributed by atoms with Gasteiger partial charge >= 0.3 is 0 Å². The maximum absolute atomic E-state index is 9.42. The van der Waals surface area contributed by atoms with Gasteiger partial charge in [0.2, 0.25) is 5.95 Å². The highest BCUT2D eigenvalue weighted by atomic mass is 16.3. The number of hydrogen-bond donors (Lipinski definition) is 2. The summed E-state index contributed by atoms with van der Waals surface area (Å²) in [4.78, 5) is 14.3. The van der Waals surface area contributed by atoms with E-state index in [4.69, 9.17) is 9.98 Å². The fourth-order valence-corrected chi connectivity index (χ4v) is 5.81. The van der Waals surface area contributed by atoms with Crippen molar-refractivity contribution in [2.75, 3.05) is 18.5 Å². The Morgan fingerprint density at radius 2 is 2.00 bits per heavy atom. The second kappa shape index (κ2) is 7.71. The van der Waals surface area contributed by atoms with Crippen LogP contribution in [-0.4, -0.2) is 45.0 Å². The molecule has 3 heterocycles. The predicted molar refractivity (Wildman–Crippen MR) is 117 cm³/mol. The first-order chi connectivity index (χ1) is 14.2. The van der Waals surface area contributed by atoms with E-state index in [0.29, 0.717) is 24.5 Å². The molecule has 2 saturated carbocycles. The minimum atomic E-state index is 0.105. The van der Waals surface area contributed by atoms with Gasteiger partial charge in [-0.3, -0.25) is 4.99 Å². The van der Waals surface area contributed by atoms with Crippen LogP contribution in [0.15, 0.2) is 17.3 Å². The highest BCUT2D eigenvalue weighted by molar-refractivity contribution is 5.90. The number of aromatic nitrogens is 3. The Bertz CT molecular complexity index is 890. The number of hydrogen-bond acceptors (Lipinski definition) is 5. The van der Waals surface area contributed by atoms with Crippen molar-refractivity contribution in [3.8, 4) is 0 Å². The van der Waals surface area contributed by atoms with E-state index in [1.54, 1.807) is 0 Å². The third kappa shape index (κ3) is 3.45. The maximum Gasteiger partial charge on any atom is 0.224 e. The average Bonchev–Trinajstić information content (AvgIpc) is 3.14. The second-order valence-corrected chi connectivity index (χ2v) is 9.55. The van der Waals surface area contributed by atoms with Gasteiger partial charge in [-0.05, 0) is 56.4 Å². The molecule has 2 aromatic rings. The molecule has 1 spiro atoms. The lowest BCUT2D eigenvalue weighted by molar-refractivity contribution is 0.157. The number of fused-ring (bicyclic) bond motifs is 4. The van der Waals surface area contributed by atoms with E-state index in [1.165, 1.54) is 50.6 Å². The Balaban J connectivity index is 1.39. The molecular weight excluding hydrogens is 362 g/mol. The Kier molecular flexibility index (Phi) is 5.06. The lowest BCUT2D eigenvalue weighted by Gasteiger charge is -2.40. The van der Waals surface area contributed by atoms with Gasteiger partial charge in [0.25, 0.3) is 0 Å². The largest absolute Gasteiger partial charge is 0.396 e. The first-order valence-corrected chi connectivity index (χ1v) is 11.4. The van der Waals surface area contributed by atoms with Crippen molar-refractivity contribution in [2.45, 2.75) is 76.3 Å². The number of nitrogens with one attached hydrogen (secondary N) is 1. The zero-order chi connectivity index (χ0) is 19.8. The van der Waals surface area contributed by atoms with Gasteiger partial charge in [0.1, 0.15) is 5.65 Å². The second-order valence-electron chi connectivity index (χ2n) is 9.55. The quantitative estimate of drug-likeness (QED) is 0.816. The van der Waals surface area contributed by atoms with Gasteiger partial charge in [-0.1, -0.05) is 26.2 Å². The zero-order valence-electron chi connectivity index (χ0n) is 17.5. The van der Waals surface area contributed by atoms with Crippen LogP contribution in [0, 0.1) is 11.8 Å². The van der Waals surface area contributed by atoms with Gasteiger partial charge in [-0.25, -0.2) is 4.98 Å². The average molecular weight is 396 g/mol. The Hall–Kier alpha value is -1.95. The van der Waals surface area contributed by atoms with Crippen LogP contribution in [0.3, 0.4) is 0 Å². The molecule has 2 fully saturated rings. The number of aliphatic hydroxyl groups excluding tert-OH is 1. The van der Waals surface area contributed by atoms with E-state index >= 15 is 0 Å². The monoisotopic (exact) mass is 395 g/mol. The van der Waals surface area contributed by atoms with Crippen molar-refractivity contribution >= 4 is 23.2 Å². The third-order valence-electron chi connectivity index (χ3n) is 7.63. The normalized spacial score (nSPS) is 27.1. The third-order valence-corrected chi connectivity index (χ3v) is 7.63. The van der Waals surface area contributed by atoms with Gasteiger partial charge in [0, 0.05) is 30.4 Å². The Morgan fingerprint density at radius 3 is 2.76 bits per heavy atom. The van der Waals surface area contributed by atoms with E-state index in [9.17, 15) is 5.11 Å². The van der Waals surface area contributed by atoms with Gasteiger partial charge in [-0.15, -0.1) is 0 Å². The highest BCUT2D eigenvalue weighted by Crippen LogP contribution is 2.40. The summed E-state index contributed by atoms with van der Waals surface area (Å²) in [5.74, 6) is 1.80. The topological polar surface area (TPSA) is 75.3 Å². The summed E-state index contributed by atoms with van der Waals surface area (Å²) in [6.07, 6.45) is 14.8. The van der Waals surface area contributed by atoms with E-state index < -0.39 is 0 Å². The van der Waals surface area contributed by atoms with Crippen LogP contribution in [0.1, 0.15) is 70.4 Å². The van der Waals surface area contributed by atoms with Gasteiger partial charge < -0.3 is 15.0 Å². The molecule has 156 valence electrons. The summed E-state index contributed by atoms with van der Waals surface area (Å²) in [6, 6.07) is 2.62. The molecule has 6 heteroatoms. The minimum Gasteiger partial charge on any atom is -0.396 e. The van der Waals surface area contributed by atoms with E-state index in [0.717, 1.165) is 36.4 Å². The van der Waals surface area contributed by atoms with Crippen LogP contribution in [0.5, 0.6) is 0 Å².